The molecule has 0 radical (unpaired) electrons. The van der Waals surface area contributed by atoms with Gasteiger partial charge in [-0.25, -0.2) is 0 Å². The van der Waals surface area contributed by atoms with E-state index in [0.717, 1.165) is 146 Å². The summed E-state index contributed by atoms with van der Waals surface area (Å²) < 4.78 is 68.0. The summed E-state index contributed by atoms with van der Waals surface area (Å²) in [5.41, 5.74) is 29.6. The summed E-state index contributed by atoms with van der Waals surface area (Å²) in [6.45, 7) is 24.0. The maximum atomic E-state index is 9.03. The molecule has 0 bridgehead atoms. The van der Waals surface area contributed by atoms with Gasteiger partial charge < -0.3 is 29.1 Å². The highest BCUT2D eigenvalue weighted by Crippen LogP contribution is 2.53. The van der Waals surface area contributed by atoms with Gasteiger partial charge >= 0.3 is 0 Å². The second-order valence-electron chi connectivity index (χ2n) is 24.2. The fourth-order valence-corrected chi connectivity index (χ4v) is 14.5. The van der Waals surface area contributed by atoms with Crippen molar-refractivity contribution in [3.05, 3.63) is 261 Å². The highest BCUT2D eigenvalue weighted by Gasteiger charge is 2.49. The molecule has 0 unspecified atom stereocenters. The standard InChI is InChI=1S/C78H68B2N4O2/c1-45-33-35-59-65(37-45)83(75-49(5)23-17-24-50(75)6)71-41-57(85-77-53(9)27-19-28-54(77)10)39-69-73(71)79(59)61-43-62-68(44-67(61)81(69)63-31-15-13-21-47(63)3)82(64-32-16-14-22-48(64)4)70-40-58(86-78-55(11)29-20-30-56(78)12)42-72-74(70)80(62)60-36-34-46(2)38-66(60)84(72)76-51(7)25-18-26-52(76)8/h13-44H,1-12H3/i19D,20D,27D,28D,29D,30D. The number of para-hydroxylation sites is 6. The summed E-state index contributed by atoms with van der Waals surface area (Å²) in [4.78, 5) is 9.75. The molecule has 4 aliphatic heterocycles. The number of fused-ring (bicyclic) bond motifs is 8. The van der Waals surface area contributed by atoms with Crippen LogP contribution in [-0.4, -0.2) is 13.4 Å². The first-order chi connectivity index (χ1) is 44.1. The smallest absolute Gasteiger partial charge is 0.252 e. The topological polar surface area (TPSA) is 31.4 Å². The monoisotopic (exact) mass is 1120 g/mol. The largest absolute Gasteiger partial charge is 0.457 e. The van der Waals surface area contributed by atoms with E-state index in [2.05, 4.69) is 233 Å². The summed E-state index contributed by atoms with van der Waals surface area (Å²) >= 11 is 0. The van der Waals surface area contributed by atoms with E-state index in [1.54, 1.807) is 0 Å². The number of ether oxygens (including phenoxy) is 2. The van der Waals surface area contributed by atoms with Crippen LogP contribution in [0, 0.1) is 83.1 Å². The molecule has 0 spiro atoms. The first kappa shape index (κ1) is 46.7. The molecule has 15 rings (SSSR count). The Bertz CT molecular complexity index is 4660. The lowest BCUT2D eigenvalue weighted by atomic mass is 9.30. The number of benzene rings is 11. The van der Waals surface area contributed by atoms with Crippen LogP contribution in [0.25, 0.3) is 0 Å². The number of anilines is 12. The van der Waals surface area contributed by atoms with Crippen molar-refractivity contribution >= 4 is 114 Å². The van der Waals surface area contributed by atoms with Gasteiger partial charge in [-0.15, -0.1) is 0 Å². The van der Waals surface area contributed by atoms with Crippen LogP contribution in [0.5, 0.6) is 23.0 Å². The lowest BCUT2D eigenvalue weighted by Gasteiger charge is -2.48. The number of rotatable bonds is 8. The van der Waals surface area contributed by atoms with E-state index in [0.29, 0.717) is 45.3 Å². The lowest BCUT2D eigenvalue weighted by molar-refractivity contribution is 0.475. The zero-order valence-electron chi connectivity index (χ0n) is 56.8. The van der Waals surface area contributed by atoms with Gasteiger partial charge in [0.15, 0.2) is 0 Å². The van der Waals surface area contributed by atoms with Crippen molar-refractivity contribution in [1.29, 1.82) is 0 Å². The van der Waals surface area contributed by atoms with E-state index in [4.69, 9.17) is 17.7 Å². The average Bonchev–Trinajstić information content (AvgIpc) is 0.688. The van der Waals surface area contributed by atoms with Crippen LogP contribution < -0.4 is 61.9 Å². The van der Waals surface area contributed by atoms with Crippen molar-refractivity contribution in [2.45, 2.75) is 83.1 Å². The molecule has 0 amide bonds. The second-order valence-corrected chi connectivity index (χ2v) is 24.2. The van der Waals surface area contributed by atoms with Crippen LogP contribution in [0.4, 0.5) is 68.2 Å². The van der Waals surface area contributed by atoms with Crippen LogP contribution in [-0.2, 0) is 0 Å². The molecule has 0 aliphatic carbocycles. The van der Waals surface area contributed by atoms with Gasteiger partial charge in [0, 0.05) is 81.1 Å². The van der Waals surface area contributed by atoms with Crippen LogP contribution >= 0.6 is 0 Å². The zero-order valence-corrected chi connectivity index (χ0v) is 50.8. The Balaban J connectivity index is 1.09. The molecule has 4 heterocycles. The summed E-state index contributed by atoms with van der Waals surface area (Å²) in [5, 5.41) is 0. The van der Waals surface area contributed by atoms with Crippen molar-refractivity contribution in [3.63, 3.8) is 0 Å². The minimum absolute atomic E-state index is 0.0342. The minimum atomic E-state index is -0.308. The highest BCUT2D eigenvalue weighted by molar-refractivity contribution is 7.03. The van der Waals surface area contributed by atoms with Crippen LogP contribution in [0.3, 0.4) is 0 Å². The van der Waals surface area contributed by atoms with E-state index < -0.39 is 0 Å². The van der Waals surface area contributed by atoms with Gasteiger partial charge in [-0.3, -0.25) is 0 Å². The molecule has 4 aliphatic rings. The third-order valence-corrected chi connectivity index (χ3v) is 18.4. The Morgan fingerprint density at radius 1 is 0.291 bits per heavy atom. The van der Waals surface area contributed by atoms with E-state index in [9.17, 15) is 0 Å². The molecule has 418 valence electrons. The molecule has 8 heteroatoms. The minimum Gasteiger partial charge on any atom is -0.457 e. The van der Waals surface area contributed by atoms with E-state index in [1.165, 1.54) is 0 Å². The summed E-state index contributed by atoms with van der Waals surface area (Å²) in [6, 6.07) is 57.1. The van der Waals surface area contributed by atoms with Crippen molar-refractivity contribution in [2.24, 2.45) is 0 Å². The number of hydrogen-bond donors (Lipinski definition) is 0. The molecule has 6 nitrogen and oxygen atoms in total. The maximum Gasteiger partial charge on any atom is 0.252 e. The van der Waals surface area contributed by atoms with Crippen molar-refractivity contribution < 1.29 is 17.7 Å². The normalized spacial score (nSPS) is 14.2. The van der Waals surface area contributed by atoms with E-state index in [-0.39, 0.29) is 49.7 Å². The van der Waals surface area contributed by atoms with E-state index >= 15 is 0 Å². The molecular weight excluding hydrogens is 1050 g/mol. The molecule has 11 aromatic rings. The van der Waals surface area contributed by atoms with Crippen LogP contribution in [0.1, 0.15) is 75.0 Å². The van der Waals surface area contributed by atoms with Gasteiger partial charge in [-0.05, 0) is 213 Å². The summed E-state index contributed by atoms with van der Waals surface area (Å²) in [5.74, 6) is 1.85. The van der Waals surface area contributed by atoms with Gasteiger partial charge in [0.1, 0.15) is 23.0 Å². The van der Waals surface area contributed by atoms with Crippen LogP contribution in [0.2, 0.25) is 0 Å². The van der Waals surface area contributed by atoms with Crippen molar-refractivity contribution in [3.8, 4) is 23.0 Å². The molecule has 0 fully saturated rings. The summed E-state index contributed by atoms with van der Waals surface area (Å²) in [7, 11) is 0. The molecule has 86 heavy (non-hydrogen) atoms. The van der Waals surface area contributed by atoms with Crippen LogP contribution in [0.15, 0.2) is 194 Å². The highest BCUT2D eigenvalue weighted by atomic mass is 16.5. The predicted octanol–water partition coefficient (Wildman–Crippen LogP) is 17.1. The van der Waals surface area contributed by atoms with Gasteiger partial charge in [0.2, 0.25) is 0 Å². The average molecular weight is 1120 g/mol. The van der Waals surface area contributed by atoms with Gasteiger partial charge in [0.05, 0.1) is 19.6 Å². The Morgan fingerprint density at radius 3 is 1.00 bits per heavy atom. The molecule has 11 aromatic carbocycles. The third kappa shape index (κ3) is 8.09. The fourth-order valence-electron chi connectivity index (χ4n) is 14.5. The molecule has 0 saturated carbocycles. The Morgan fingerprint density at radius 2 is 0.628 bits per heavy atom. The molecular formula is C78H68B2N4O2. The van der Waals surface area contributed by atoms with Crippen molar-refractivity contribution in [1.82, 2.24) is 0 Å². The molecule has 0 atom stereocenters. The first-order valence-electron chi connectivity index (χ1n) is 32.8. The quantitative estimate of drug-likeness (QED) is 0.141. The fraction of sp³-hybridized carbons (Fsp3) is 0.154. The summed E-state index contributed by atoms with van der Waals surface area (Å²) in [6.07, 6.45) is 0. The van der Waals surface area contributed by atoms with Gasteiger partial charge in [0.25, 0.3) is 13.4 Å². The van der Waals surface area contributed by atoms with Crippen molar-refractivity contribution in [2.75, 3.05) is 19.6 Å². The zero-order chi connectivity index (χ0) is 64.4. The van der Waals surface area contributed by atoms with Gasteiger partial charge in [-0.1, -0.05) is 139 Å². The predicted molar refractivity (Wildman–Crippen MR) is 364 cm³/mol. The number of aryl methyl sites for hydroxylation is 8. The third-order valence-electron chi connectivity index (χ3n) is 18.4. The SMILES string of the molecule is [2H]c1c([2H])c(C)c(Oc2cc3c4c(c2)N(c2c(C)cccc2C)c2cc(C)ccc2B4c2cc4c(cc2N3c2ccccc2C)N(c2ccccc2C)c2cc(Oc3c(C)c([2H])c([2H])c([2H])c3C)cc3c2B4c2ccc(C)cc2N3c2c(C)cccc2C)c(C)c1[2H]. The van der Waals surface area contributed by atoms with E-state index in [1.807, 2.05) is 27.7 Å². The Hall–Kier alpha value is -9.65. The molecule has 0 N–H and O–H groups in total. The molecule has 0 aromatic heterocycles. The Kier molecular flexibility index (Phi) is 10.9. The first-order valence-corrected chi connectivity index (χ1v) is 29.8. The second kappa shape index (κ2) is 20.0. The molecule has 0 saturated heterocycles. The lowest BCUT2D eigenvalue weighted by Crippen LogP contribution is -2.65. The van der Waals surface area contributed by atoms with Gasteiger partial charge in [-0.2, -0.15) is 0 Å². The maximum absolute atomic E-state index is 9.03. The Labute approximate surface area is 516 Å². The number of hydrogen-bond acceptors (Lipinski definition) is 6. The number of nitrogens with zero attached hydrogens (tertiary/aromatic N) is 4.